The van der Waals surface area contributed by atoms with E-state index in [9.17, 15) is 8.42 Å². The Labute approximate surface area is 77.3 Å². The van der Waals surface area contributed by atoms with Gasteiger partial charge in [-0.15, -0.1) is 0 Å². The van der Waals surface area contributed by atoms with E-state index in [0.717, 1.165) is 5.56 Å². The van der Waals surface area contributed by atoms with Crippen molar-refractivity contribution in [3.8, 4) is 0 Å². The molecule has 0 radical (unpaired) electrons. The quantitative estimate of drug-likeness (QED) is 0.579. The van der Waals surface area contributed by atoms with E-state index in [0.29, 0.717) is 0 Å². The van der Waals surface area contributed by atoms with Crippen LogP contribution in [0.4, 0.5) is 0 Å². The van der Waals surface area contributed by atoms with Crippen molar-refractivity contribution in [1.29, 1.82) is 0 Å². The minimum absolute atomic E-state index is 0.186. The second-order valence-electron chi connectivity index (χ2n) is 2.57. The van der Waals surface area contributed by atoms with Crippen LogP contribution in [0.2, 0.25) is 0 Å². The van der Waals surface area contributed by atoms with Crippen LogP contribution in [-0.4, -0.2) is 15.1 Å². The predicted molar refractivity (Wildman–Crippen MR) is 51.0 cm³/mol. The second kappa shape index (κ2) is 3.57. The molecule has 13 heavy (non-hydrogen) atoms. The molecule has 1 aromatic rings. The molecule has 0 unspecified atom stereocenters. The third kappa shape index (κ3) is 2.29. The summed E-state index contributed by atoms with van der Waals surface area (Å²) in [6, 6.07) is 6.47. The van der Waals surface area contributed by atoms with Gasteiger partial charge in [0, 0.05) is 6.72 Å². The van der Waals surface area contributed by atoms with Crippen LogP contribution in [-0.2, 0) is 10.0 Å². The highest BCUT2D eigenvalue weighted by atomic mass is 32.2. The van der Waals surface area contributed by atoms with E-state index in [4.69, 9.17) is 0 Å². The fourth-order valence-electron chi connectivity index (χ4n) is 0.855. The summed E-state index contributed by atoms with van der Waals surface area (Å²) < 4.78 is 22.6. The molecule has 1 rings (SSSR count). The number of hydrogen-bond donors (Lipinski definition) is 1. The first-order chi connectivity index (χ1) is 6.06. The third-order valence-electron chi connectivity index (χ3n) is 1.52. The fraction of sp³-hybridized carbons (Fsp3) is 0.125. The lowest BCUT2D eigenvalue weighted by Crippen LogP contribution is -2.17. The van der Waals surface area contributed by atoms with Crippen LogP contribution in [0.3, 0.4) is 0 Å². The van der Waals surface area contributed by atoms with Crippen LogP contribution < -0.4 is 4.83 Å². The molecule has 4 nitrogen and oxygen atoms in total. The molecule has 5 heteroatoms. The first-order valence-corrected chi connectivity index (χ1v) is 5.09. The Hall–Kier alpha value is -1.36. The lowest BCUT2D eigenvalue weighted by molar-refractivity contribution is 0.585. The van der Waals surface area contributed by atoms with Gasteiger partial charge in [0.1, 0.15) is 0 Å². The zero-order valence-electron chi connectivity index (χ0n) is 7.19. The van der Waals surface area contributed by atoms with Crippen molar-refractivity contribution >= 4 is 16.7 Å². The summed E-state index contributed by atoms with van der Waals surface area (Å²) in [5.41, 5.74) is 1.01. The first kappa shape index (κ1) is 9.73. The van der Waals surface area contributed by atoms with Crippen molar-refractivity contribution in [2.24, 2.45) is 5.10 Å². The molecule has 0 aliphatic rings. The van der Waals surface area contributed by atoms with E-state index in [1.807, 2.05) is 11.8 Å². The Morgan fingerprint density at radius 3 is 2.31 bits per heavy atom. The Balaban J connectivity index is 3.08. The van der Waals surface area contributed by atoms with Crippen LogP contribution in [0.1, 0.15) is 5.56 Å². The average molecular weight is 198 g/mol. The summed E-state index contributed by atoms with van der Waals surface area (Å²) in [6.45, 7) is 4.93. The fourth-order valence-corrected chi connectivity index (χ4v) is 1.62. The van der Waals surface area contributed by atoms with E-state index in [-0.39, 0.29) is 4.90 Å². The number of hydrazone groups is 1. The molecule has 0 aromatic heterocycles. The summed E-state index contributed by atoms with van der Waals surface area (Å²) in [5, 5.41) is 3.12. The molecule has 0 heterocycles. The maximum absolute atomic E-state index is 11.3. The molecular formula is C8H10N2O2S. The van der Waals surface area contributed by atoms with Crippen molar-refractivity contribution < 1.29 is 8.42 Å². The van der Waals surface area contributed by atoms with Gasteiger partial charge in [-0.2, -0.15) is 13.5 Å². The number of nitrogens with zero attached hydrogens (tertiary/aromatic N) is 1. The van der Waals surface area contributed by atoms with Gasteiger partial charge in [-0.1, -0.05) is 17.7 Å². The molecule has 1 N–H and O–H groups in total. The van der Waals surface area contributed by atoms with Crippen LogP contribution in [0, 0.1) is 6.92 Å². The van der Waals surface area contributed by atoms with Crippen molar-refractivity contribution in [3.05, 3.63) is 29.8 Å². The summed E-state index contributed by atoms with van der Waals surface area (Å²) >= 11 is 0. The molecule has 0 fully saturated rings. The van der Waals surface area contributed by atoms with E-state index in [1.165, 1.54) is 12.1 Å². The van der Waals surface area contributed by atoms with Crippen molar-refractivity contribution in [2.45, 2.75) is 11.8 Å². The van der Waals surface area contributed by atoms with Crippen molar-refractivity contribution in [1.82, 2.24) is 4.83 Å². The molecule has 1 aromatic carbocycles. The van der Waals surface area contributed by atoms with Crippen LogP contribution in [0.5, 0.6) is 0 Å². The van der Waals surface area contributed by atoms with Gasteiger partial charge in [0.25, 0.3) is 10.0 Å². The molecule has 0 spiro atoms. The summed E-state index contributed by atoms with van der Waals surface area (Å²) in [7, 11) is -3.51. The van der Waals surface area contributed by atoms with E-state index in [1.54, 1.807) is 12.1 Å². The van der Waals surface area contributed by atoms with Gasteiger partial charge >= 0.3 is 0 Å². The molecule has 70 valence electrons. The molecule has 0 aliphatic heterocycles. The standard InChI is InChI=1S/C8H10N2O2S/c1-7-3-5-8(6-4-7)13(11,12)10-9-2/h3-6,10H,2H2,1H3. The highest BCUT2D eigenvalue weighted by molar-refractivity contribution is 7.89. The zero-order valence-corrected chi connectivity index (χ0v) is 8.00. The molecule has 0 bridgehead atoms. The van der Waals surface area contributed by atoms with E-state index < -0.39 is 10.0 Å². The van der Waals surface area contributed by atoms with Crippen LogP contribution in [0.25, 0.3) is 0 Å². The zero-order chi connectivity index (χ0) is 9.90. The minimum atomic E-state index is -3.51. The van der Waals surface area contributed by atoms with Crippen LogP contribution in [0.15, 0.2) is 34.3 Å². The summed E-state index contributed by atoms with van der Waals surface area (Å²) in [6.07, 6.45) is 0. The lowest BCUT2D eigenvalue weighted by atomic mass is 10.2. The monoisotopic (exact) mass is 198 g/mol. The number of hydrogen-bond acceptors (Lipinski definition) is 3. The number of benzene rings is 1. The Bertz CT molecular complexity index is 395. The molecule has 0 aliphatic carbocycles. The van der Waals surface area contributed by atoms with Gasteiger partial charge in [-0.3, -0.25) is 0 Å². The molecule has 0 saturated carbocycles. The molecule has 0 amide bonds. The topological polar surface area (TPSA) is 58.5 Å². The Morgan fingerprint density at radius 2 is 1.85 bits per heavy atom. The number of rotatable bonds is 3. The SMILES string of the molecule is C=NNS(=O)(=O)c1ccc(C)cc1. The van der Waals surface area contributed by atoms with Gasteiger partial charge in [-0.05, 0) is 19.1 Å². The highest BCUT2D eigenvalue weighted by Gasteiger charge is 2.10. The molecular weight excluding hydrogens is 188 g/mol. The smallest absolute Gasteiger partial charge is 0.201 e. The average Bonchev–Trinajstić information content (AvgIpc) is 2.05. The number of nitrogens with one attached hydrogen (secondary N) is 1. The number of sulfonamides is 1. The normalized spacial score (nSPS) is 10.8. The Morgan fingerprint density at radius 1 is 1.31 bits per heavy atom. The van der Waals surface area contributed by atoms with E-state index >= 15 is 0 Å². The predicted octanol–water partition coefficient (Wildman–Crippen LogP) is 0.889. The van der Waals surface area contributed by atoms with Gasteiger partial charge in [-0.25, -0.2) is 4.83 Å². The molecule has 0 saturated heterocycles. The third-order valence-corrected chi connectivity index (χ3v) is 2.78. The van der Waals surface area contributed by atoms with E-state index in [2.05, 4.69) is 11.8 Å². The summed E-state index contributed by atoms with van der Waals surface area (Å²) in [4.78, 5) is 2.13. The highest BCUT2D eigenvalue weighted by Crippen LogP contribution is 2.09. The van der Waals surface area contributed by atoms with Gasteiger partial charge in [0.15, 0.2) is 0 Å². The maximum atomic E-state index is 11.3. The van der Waals surface area contributed by atoms with Crippen molar-refractivity contribution in [2.75, 3.05) is 0 Å². The number of aryl methyl sites for hydroxylation is 1. The summed E-state index contributed by atoms with van der Waals surface area (Å²) in [5.74, 6) is 0. The van der Waals surface area contributed by atoms with Gasteiger partial charge < -0.3 is 0 Å². The largest absolute Gasteiger partial charge is 0.276 e. The van der Waals surface area contributed by atoms with Gasteiger partial charge in [0.2, 0.25) is 0 Å². The van der Waals surface area contributed by atoms with Gasteiger partial charge in [0.05, 0.1) is 4.90 Å². The van der Waals surface area contributed by atoms with Crippen molar-refractivity contribution in [3.63, 3.8) is 0 Å². The second-order valence-corrected chi connectivity index (χ2v) is 4.23. The minimum Gasteiger partial charge on any atom is -0.201 e. The van der Waals surface area contributed by atoms with Crippen LogP contribution >= 0.6 is 0 Å². The molecule has 0 atom stereocenters. The Kier molecular flexibility index (Phi) is 2.67. The first-order valence-electron chi connectivity index (χ1n) is 3.60. The lowest BCUT2D eigenvalue weighted by Gasteiger charge is -2.02. The maximum Gasteiger partial charge on any atom is 0.276 e.